The van der Waals surface area contributed by atoms with Gasteiger partial charge < -0.3 is 4.90 Å². The van der Waals surface area contributed by atoms with E-state index in [0.717, 1.165) is 11.1 Å². The molecule has 184 valence electrons. The molecule has 0 spiro atoms. The molecular weight excluding hydrogens is 474 g/mol. The van der Waals surface area contributed by atoms with Crippen molar-refractivity contribution in [2.24, 2.45) is 0 Å². The van der Waals surface area contributed by atoms with Crippen molar-refractivity contribution in [3.05, 3.63) is 148 Å². The molecule has 5 rings (SSSR count). The van der Waals surface area contributed by atoms with Gasteiger partial charge in [-0.2, -0.15) is 0 Å². The van der Waals surface area contributed by atoms with Crippen molar-refractivity contribution in [1.29, 1.82) is 0 Å². The molecule has 2 heteroatoms. The molecule has 1 aliphatic heterocycles. The minimum Gasteiger partial charge on any atom is -0.378 e. The lowest BCUT2D eigenvalue weighted by Crippen LogP contribution is -2.29. The van der Waals surface area contributed by atoms with Crippen molar-refractivity contribution >= 4 is 24.9 Å². The lowest BCUT2D eigenvalue weighted by molar-refractivity contribution is 1.13. The van der Waals surface area contributed by atoms with Crippen LogP contribution in [-0.2, 0) is 0 Å². The summed E-state index contributed by atoms with van der Waals surface area (Å²) in [6.45, 7) is 4.78. The van der Waals surface area contributed by atoms with Gasteiger partial charge in [-0.15, -0.1) is 0 Å². The Morgan fingerprint density at radius 1 is 0.474 bits per heavy atom. The van der Waals surface area contributed by atoms with Crippen LogP contribution in [0.15, 0.2) is 126 Å². The highest BCUT2D eigenvalue weighted by atomic mass is 28.3. The maximum atomic E-state index is 3.68. The standard InChI is InChI=1S/C36H31NSi/c1-37(2)32-24-20-29(21-25-32)23-27-34-36(31-18-12-7-13-19-31)35(30-16-10-6-11-17-30)33(38(34,3)4)26-22-28-14-8-5-9-15-28/h5-21,24-25H,1-4H3. The molecule has 0 bridgehead atoms. The lowest BCUT2D eigenvalue weighted by Gasteiger charge is -2.18. The molecule has 0 amide bonds. The Morgan fingerprint density at radius 2 is 0.868 bits per heavy atom. The third-order valence-corrected chi connectivity index (χ3v) is 10.2. The van der Waals surface area contributed by atoms with Gasteiger partial charge in [0.05, 0.1) is 0 Å². The first kappa shape index (κ1) is 25.2. The zero-order valence-corrected chi connectivity index (χ0v) is 23.4. The van der Waals surface area contributed by atoms with E-state index < -0.39 is 8.07 Å². The van der Waals surface area contributed by atoms with Crippen LogP contribution in [-0.4, -0.2) is 22.2 Å². The van der Waals surface area contributed by atoms with Gasteiger partial charge in [-0.1, -0.05) is 116 Å². The highest BCUT2D eigenvalue weighted by Crippen LogP contribution is 2.48. The quantitative estimate of drug-likeness (QED) is 0.202. The second-order valence-electron chi connectivity index (χ2n) is 10.2. The van der Waals surface area contributed by atoms with E-state index in [1.165, 1.54) is 38.4 Å². The summed E-state index contributed by atoms with van der Waals surface area (Å²) in [6, 6.07) is 40.1. The van der Waals surface area contributed by atoms with Gasteiger partial charge in [-0.3, -0.25) is 0 Å². The normalized spacial score (nSPS) is 13.9. The van der Waals surface area contributed by atoms with Crippen LogP contribution < -0.4 is 4.90 Å². The van der Waals surface area contributed by atoms with Gasteiger partial charge in [0.15, 0.2) is 0 Å². The molecule has 0 radical (unpaired) electrons. The van der Waals surface area contributed by atoms with Crippen molar-refractivity contribution in [3.8, 4) is 23.7 Å². The van der Waals surface area contributed by atoms with E-state index in [1.54, 1.807) is 0 Å². The monoisotopic (exact) mass is 505 g/mol. The van der Waals surface area contributed by atoms with E-state index in [-0.39, 0.29) is 0 Å². The largest absolute Gasteiger partial charge is 0.378 e. The van der Waals surface area contributed by atoms with Crippen LogP contribution >= 0.6 is 0 Å². The van der Waals surface area contributed by atoms with Crippen molar-refractivity contribution in [2.75, 3.05) is 19.0 Å². The second-order valence-corrected chi connectivity index (χ2v) is 14.4. The summed E-state index contributed by atoms with van der Waals surface area (Å²) < 4.78 is 0. The fraction of sp³-hybridized carbons (Fsp3) is 0.111. The predicted molar refractivity (Wildman–Crippen MR) is 165 cm³/mol. The Kier molecular flexibility index (Phi) is 7.19. The SMILES string of the molecule is CN(C)c1ccc(C#CC2=C(c3ccccc3)C(c3ccccc3)=C(C#Cc3ccccc3)[Si]2(C)C)cc1. The van der Waals surface area contributed by atoms with Gasteiger partial charge in [0.1, 0.15) is 8.07 Å². The smallest absolute Gasteiger partial charge is 0.135 e. The molecule has 4 aromatic rings. The molecule has 0 unspecified atom stereocenters. The van der Waals surface area contributed by atoms with E-state index in [2.05, 4.69) is 153 Å². The average Bonchev–Trinajstić information content (AvgIpc) is 3.18. The fourth-order valence-corrected chi connectivity index (χ4v) is 7.65. The number of rotatable bonds is 3. The van der Waals surface area contributed by atoms with Crippen LogP contribution in [0.5, 0.6) is 0 Å². The van der Waals surface area contributed by atoms with Crippen molar-refractivity contribution in [1.82, 2.24) is 0 Å². The van der Waals surface area contributed by atoms with Gasteiger partial charge in [0.25, 0.3) is 0 Å². The topological polar surface area (TPSA) is 3.24 Å². The van der Waals surface area contributed by atoms with Crippen molar-refractivity contribution in [3.63, 3.8) is 0 Å². The lowest BCUT2D eigenvalue weighted by atomic mass is 9.91. The fourth-order valence-electron chi connectivity index (χ4n) is 4.86. The Labute approximate surface area is 228 Å². The van der Waals surface area contributed by atoms with Crippen molar-refractivity contribution < 1.29 is 0 Å². The first-order valence-corrected chi connectivity index (χ1v) is 15.9. The Bertz CT molecular complexity index is 1620. The van der Waals surface area contributed by atoms with Gasteiger partial charge in [-0.25, -0.2) is 0 Å². The molecule has 0 atom stereocenters. The molecule has 4 aromatic carbocycles. The molecular formula is C36H31NSi. The van der Waals surface area contributed by atoms with Crippen molar-refractivity contribution in [2.45, 2.75) is 13.1 Å². The zero-order valence-electron chi connectivity index (χ0n) is 22.4. The van der Waals surface area contributed by atoms with Gasteiger partial charge in [0, 0.05) is 41.3 Å². The number of hydrogen-bond acceptors (Lipinski definition) is 1. The maximum Gasteiger partial charge on any atom is 0.135 e. The number of allylic oxidation sites excluding steroid dienone is 4. The molecule has 0 saturated heterocycles. The number of anilines is 1. The molecule has 0 aliphatic carbocycles. The Balaban J connectivity index is 1.73. The summed E-state index contributed by atoms with van der Waals surface area (Å²) in [7, 11) is 1.89. The molecule has 0 saturated carbocycles. The number of nitrogens with zero attached hydrogens (tertiary/aromatic N) is 1. The highest BCUT2D eigenvalue weighted by molar-refractivity contribution is 6.96. The number of hydrogen-bond donors (Lipinski definition) is 0. The highest BCUT2D eigenvalue weighted by Gasteiger charge is 2.41. The van der Waals surface area contributed by atoms with Crippen LogP contribution in [0.4, 0.5) is 5.69 Å². The average molecular weight is 506 g/mol. The third kappa shape index (κ3) is 5.14. The van der Waals surface area contributed by atoms with Crippen LogP contribution in [0, 0.1) is 23.7 Å². The third-order valence-electron chi connectivity index (χ3n) is 6.95. The first-order chi connectivity index (χ1) is 18.4. The van der Waals surface area contributed by atoms with Crippen LogP contribution in [0.25, 0.3) is 11.1 Å². The molecule has 0 aromatic heterocycles. The van der Waals surface area contributed by atoms with E-state index in [4.69, 9.17) is 0 Å². The number of benzene rings is 4. The van der Waals surface area contributed by atoms with E-state index in [9.17, 15) is 0 Å². The molecule has 1 nitrogen and oxygen atoms in total. The van der Waals surface area contributed by atoms with Gasteiger partial charge >= 0.3 is 0 Å². The van der Waals surface area contributed by atoms with E-state index in [1.807, 2.05) is 18.2 Å². The minimum atomic E-state index is -2.22. The van der Waals surface area contributed by atoms with Crippen LogP contribution in [0.1, 0.15) is 22.3 Å². The molecule has 38 heavy (non-hydrogen) atoms. The maximum absolute atomic E-state index is 3.68. The Morgan fingerprint density at radius 3 is 1.29 bits per heavy atom. The van der Waals surface area contributed by atoms with Crippen LogP contribution in [0.3, 0.4) is 0 Å². The molecule has 0 N–H and O–H groups in total. The summed E-state index contributed by atoms with van der Waals surface area (Å²) in [5, 5.41) is 2.47. The van der Waals surface area contributed by atoms with E-state index in [0.29, 0.717) is 0 Å². The summed E-state index contributed by atoms with van der Waals surface area (Å²) in [5.41, 5.74) is 8.05. The second kappa shape index (κ2) is 10.9. The molecule has 1 aliphatic rings. The van der Waals surface area contributed by atoms with E-state index >= 15 is 0 Å². The van der Waals surface area contributed by atoms with Gasteiger partial charge in [-0.05, 0) is 58.7 Å². The minimum absolute atomic E-state index is 1.02. The summed E-state index contributed by atoms with van der Waals surface area (Å²) in [4.78, 5) is 2.11. The molecule has 1 heterocycles. The first-order valence-electron chi connectivity index (χ1n) is 12.9. The summed E-state index contributed by atoms with van der Waals surface area (Å²) in [5.74, 6) is 14.3. The zero-order chi connectivity index (χ0) is 26.5. The summed E-state index contributed by atoms with van der Waals surface area (Å²) >= 11 is 0. The molecule has 0 fully saturated rings. The van der Waals surface area contributed by atoms with Gasteiger partial charge in [0.2, 0.25) is 0 Å². The summed E-state index contributed by atoms with van der Waals surface area (Å²) in [6.07, 6.45) is 0. The van der Waals surface area contributed by atoms with Crippen LogP contribution in [0.2, 0.25) is 13.1 Å². The predicted octanol–water partition coefficient (Wildman–Crippen LogP) is 7.86. The Hall–Kier alpha value is -4.50.